The Morgan fingerprint density at radius 1 is 1.32 bits per heavy atom. The highest BCUT2D eigenvalue weighted by molar-refractivity contribution is 5.81. The fourth-order valence-electron chi connectivity index (χ4n) is 2.91. The summed E-state index contributed by atoms with van der Waals surface area (Å²) in [4.78, 5) is 16.8. The normalized spacial score (nSPS) is 30.6. The van der Waals surface area contributed by atoms with Crippen molar-refractivity contribution in [2.75, 3.05) is 32.7 Å². The second-order valence-electron chi connectivity index (χ2n) is 5.68. The third-order valence-corrected chi connectivity index (χ3v) is 4.49. The molecule has 5 nitrogen and oxygen atoms in total. The number of piperazine rings is 1. The lowest BCUT2D eigenvalue weighted by atomic mass is 10.1. The summed E-state index contributed by atoms with van der Waals surface area (Å²) in [5.41, 5.74) is 5.58. The quantitative estimate of drug-likeness (QED) is 0.804. The van der Waals surface area contributed by atoms with Gasteiger partial charge >= 0.3 is 0 Å². The standard InChI is InChI=1S/C14H27N3O2/c1-3-11(2)16-6-8-17(9-7-16)14(18)13-5-4-12(10-15)19-13/h11-13H,3-10,15H2,1-2H3. The van der Waals surface area contributed by atoms with Crippen LogP contribution in [0.1, 0.15) is 33.1 Å². The molecule has 2 aliphatic heterocycles. The molecule has 0 aliphatic carbocycles. The maximum Gasteiger partial charge on any atom is 0.251 e. The topological polar surface area (TPSA) is 58.8 Å². The number of rotatable bonds is 4. The summed E-state index contributed by atoms with van der Waals surface area (Å²) in [6.45, 7) is 8.60. The van der Waals surface area contributed by atoms with E-state index < -0.39 is 0 Å². The first-order valence-electron chi connectivity index (χ1n) is 7.54. The average molecular weight is 269 g/mol. The van der Waals surface area contributed by atoms with Crippen molar-refractivity contribution in [3.63, 3.8) is 0 Å². The highest BCUT2D eigenvalue weighted by Gasteiger charge is 2.34. The van der Waals surface area contributed by atoms with Gasteiger partial charge in [-0.1, -0.05) is 6.92 Å². The van der Waals surface area contributed by atoms with E-state index in [2.05, 4.69) is 18.7 Å². The molecule has 19 heavy (non-hydrogen) atoms. The minimum Gasteiger partial charge on any atom is -0.364 e. The van der Waals surface area contributed by atoms with Gasteiger partial charge in [0.25, 0.3) is 5.91 Å². The molecule has 2 heterocycles. The molecule has 3 atom stereocenters. The van der Waals surface area contributed by atoms with E-state index in [1.54, 1.807) is 0 Å². The van der Waals surface area contributed by atoms with Crippen molar-refractivity contribution in [3.05, 3.63) is 0 Å². The number of carbonyl (C=O) groups excluding carboxylic acids is 1. The Balaban J connectivity index is 1.80. The van der Waals surface area contributed by atoms with Crippen molar-refractivity contribution < 1.29 is 9.53 Å². The number of hydrogen-bond donors (Lipinski definition) is 1. The molecule has 0 aromatic heterocycles. The van der Waals surface area contributed by atoms with E-state index in [0.717, 1.165) is 45.4 Å². The van der Waals surface area contributed by atoms with Crippen molar-refractivity contribution in [1.29, 1.82) is 0 Å². The summed E-state index contributed by atoms with van der Waals surface area (Å²) in [6.07, 6.45) is 2.74. The van der Waals surface area contributed by atoms with Gasteiger partial charge < -0.3 is 15.4 Å². The first-order valence-corrected chi connectivity index (χ1v) is 7.54. The van der Waals surface area contributed by atoms with Crippen LogP contribution in [0.3, 0.4) is 0 Å². The van der Waals surface area contributed by atoms with Crippen LogP contribution in [-0.2, 0) is 9.53 Å². The fraction of sp³-hybridized carbons (Fsp3) is 0.929. The SMILES string of the molecule is CCC(C)N1CCN(C(=O)C2CCC(CN)O2)CC1. The number of nitrogens with two attached hydrogens (primary N) is 1. The Bertz CT molecular complexity index is 303. The molecular weight excluding hydrogens is 242 g/mol. The van der Waals surface area contributed by atoms with Crippen LogP contribution < -0.4 is 5.73 Å². The maximum atomic E-state index is 12.3. The fourth-order valence-corrected chi connectivity index (χ4v) is 2.91. The van der Waals surface area contributed by atoms with Crippen LogP contribution in [0.2, 0.25) is 0 Å². The van der Waals surface area contributed by atoms with Gasteiger partial charge in [0.05, 0.1) is 6.10 Å². The Labute approximate surface area is 116 Å². The predicted octanol–water partition coefficient (Wildman–Crippen LogP) is 0.435. The molecule has 0 bridgehead atoms. The van der Waals surface area contributed by atoms with Crippen molar-refractivity contribution in [2.45, 2.75) is 51.4 Å². The van der Waals surface area contributed by atoms with Gasteiger partial charge in [-0.25, -0.2) is 0 Å². The van der Waals surface area contributed by atoms with Crippen molar-refractivity contribution in [3.8, 4) is 0 Å². The Hall–Kier alpha value is -0.650. The lowest BCUT2D eigenvalue weighted by molar-refractivity contribution is -0.144. The molecular formula is C14H27N3O2. The molecule has 2 rings (SSSR count). The number of ether oxygens (including phenoxy) is 1. The van der Waals surface area contributed by atoms with Gasteiger partial charge in [-0.15, -0.1) is 0 Å². The van der Waals surface area contributed by atoms with Crippen molar-refractivity contribution in [1.82, 2.24) is 9.80 Å². The van der Waals surface area contributed by atoms with Gasteiger partial charge in [0.1, 0.15) is 6.10 Å². The second kappa shape index (κ2) is 6.68. The molecule has 0 aromatic carbocycles. The van der Waals surface area contributed by atoms with E-state index in [-0.39, 0.29) is 18.1 Å². The molecule has 2 N–H and O–H groups in total. The average Bonchev–Trinajstić information content (AvgIpc) is 2.94. The molecule has 1 amide bonds. The summed E-state index contributed by atoms with van der Waals surface area (Å²) in [7, 11) is 0. The zero-order chi connectivity index (χ0) is 13.8. The van der Waals surface area contributed by atoms with Crippen LogP contribution in [0, 0.1) is 0 Å². The lowest BCUT2D eigenvalue weighted by Crippen LogP contribution is -2.53. The van der Waals surface area contributed by atoms with Gasteiger partial charge in [-0.05, 0) is 26.2 Å². The zero-order valence-electron chi connectivity index (χ0n) is 12.2. The van der Waals surface area contributed by atoms with E-state index in [1.165, 1.54) is 0 Å². The van der Waals surface area contributed by atoms with Gasteiger partial charge in [0.2, 0.25) is 0 Å². The van der Waals surface area contributed by atoms with Crippen molar-refractivity contribution >= 4 is 5.91 Å². The predicted molar refractivity (Wildman–Crippen MR) is 74.9 cm³/mol. The molecule has 2 fully saturated rings. The summed E-state index contributed by atoms with van der Waals surface area (Å²) in [5, 5.41) is 0. The van der Waals surface area contributed by atoms with E-state index in [4.69, 9.17) is 10.5 Å². The summed E-state index contributed by atoms with van der Waals surface area (Å²) >= 11 is 0. The first kappa shape index (κ1) is 14.8. The third kappa shape index (κ3) is 3.46. The molecule has 2 aliphatic rings. The third-order valence-electron chi connectivity index (χ3n) is 4.49. The summed E-state index contributed by atoms with van der Waals surface area (Å²) in [6, 6.07) is 0.613. The van der Waals surface area contributed by atoms with E-state index in [0.29, 0.717) is 12.6 Å². The monoisotopic (exact) mass is 269 g/mol. The summed E-state index contributed by atoms with van der Waals surface area (Å²) in [5.74, 6) is 0.166. The van der Waals surface area contributed by atoms with Gasteiger partial charge in [-0.3, -0.25) is 9.69 Å². The number of nitrogens with zero attached hydrogens (tertiary/aromatic N) is 2. The van der Waals surface area contributed by atoms with Crippen LogP contribution in [0.4, 0.5) is 0 Å². The molecule has 0 aromatic rings. The van der Waals surface area contributed by atoms with Crippen molar-refractivity contribution in [2.24, 2.45) is 5.73 Å². The Morgan fingerprint density at radius 3 is 2.53 bits per heavy atom. The minimum absolute atomic E-state index is 0.0790. The zero-order valence-corrected chi connectivity index (χ0v) is 12.2. The van der Waals surface area contributed by atoms with Crippen LogP contribution >= 0.6 is 0 Å². The number of carbonyl (C=O) groups is 1. The van der Waals surface area contributed by atoms with Crippen LogP contribution in [0.25, 0.3) is 0 Å². The van der Waals surface area contributed by atoms with Crippen LogP contribution in [0.5, 0.6) is 0 Å². The molecule has 5 heteroatoms. The van der Waals surface area contributed by atoms with Gasteiger partial charge in [0.15, 0.2) is 0 Å². The van der Waals surface area contributed by atoms with Crippen LogP contribution in [0.15, 0.2) is 0 Å². The lowest BCUT2D eigenvalue weighted by Gasteiger charge is -2.38. The maximum absolute atomic E-state index is 12.3. The largest absolute Gasteiger partial charge is 0.364 e. The van der Waals surface area contributed by atoms with E-state index >= 15 is 0 Å². The minimum atomic E-state index is -0.247. The highest BCUT2D eigenvalue weighted by Crippen LogP contribution is 2.21. The van der Waals surface area contributed by atoms with Crippen LogP contribution in [-0.4, -0.2) is 66.7 Å². The molecule has 110 valence electrons. The molecule has 0 saturated carbocycles. The van der Waals surface area contributed by atoms with Gasteiger partial charge in [-0.2, -0.15) is 0 Å². The van der Waals surface area contributed by atoms with Gasteiger partial charge in [0, 0.05) is 38.8 Å². The number of amides is 1. The second-order valence-corrected chi connectivity index (χ2v) is 5.68. The number of hydrogen-bond acceptors (Lipinski definition) is 4. The molecule has 0 radical (unpaired) electrons. The highest BCUT2D eigenvalue weighted by atomic mass is 16.5. The molecule has 3 unspecified atom stereocenters. The summed E-state index contributed by atoms with van der Waals surface area (Å²) < 4.78 is 5.69. The van der Waals surface area contributed by atoms with E-state index in [1.807, 2.05) is 4.90 Å². The smallest absolute Gasteiger partial charge is 0.251 e. The molecule has 2 saturated heterocycles. The first-order chi connectivity index (χ1) is 9.15. The molecule has 0 spiro atoms. The Kier molecular flexibility index (Phi) is 5.19. The van der Waals surface area contributed by atoms with E-state index in [9.17, 15) is 4.79 Å². The Morgan fingerprint density at radius 2 is 2.00 bits per heavy atom.